The smallest absolute Gasteiger partial charge is 0.0997 e. The fourth-order valence-electron chi connectivity index (χ4n) is 1.19. The summed E-state index contributed by atoms with van der Waals surface area (Å²) in [6.07, 6.45) is 0. The largest absolute Gasteiger partial charge is 0.354 e. The molecule has 3 N–H and O–H groups in total. The molecule has 1 nitrogen and oxygen atoms in total. The van der Waals surface area contributed by atoms with Gasteiger partial charge in [-0.3, -0.25) is 0 Å². The molecule has 0 fully saturated rings. The van der Waals surface area contributed by atoms with Crippen LogP contribution in [0, 0.1) is 0 Å². The summed E-state index contributed by atoms with van der Waals surface area (Å²) in [6.45, 7) is 7.57. The van der Waals surface area contributed by atoms with E-state index in [9.17, 15) is 0 Å². The summed E-state index contributed by atoms with van der Waals surface area (Å²) in [7, 11) is 0. The van der Waals surface area contributed by atoms with Gasteiger partial charge in [-0.1, -0.05) is 39.0 Å². The van der Waals surface area contributed by atoms with Crippen molar-refractivity contribution in [2.45, 2.75) is 32.7 Å². The minimum Gasteiger partial charge on any atom is -0.354 e. The van der Waals surface area contributed by atoms with E-state index in [1.54, 1.807) is 0 Å². The van der Waals surface area contributed by atoms with E-state index in [0.717, 1.165) is 6.54 Å². The average Bonchev–Trinajstić information content (AvgIpc) is 2.03. The number of benzene rings is 1. The fourth-order valence-corrected chi connectivity index (χ4v) is 1.19. The van der Waals surface area contributed by atoms with Gasteiger partial charge in [0, 0.05) is 5.56 Å². The standard InChI is InChI=1S/C11H17N/c1-11(2,3)10-6-4-5-9(7-10)8-12/h4-7H,8,12H2,1-3H3/p+1. The van der Waals surface area contributed by atoms with Crippen molar-refractivity contribution in [2.75, 3.05) is 0 Å². The third-order valence-electron chi connectivity index (χ3n) is 2.08. The maximum atomic E-state index is 3.88. The van der Waals surface area contributed by atoms with Gasteiger partial charge in [-0.05, 0) is 17.0 Å². The lowest BCUT2D eigenvalue weighted by atomic mass is 9.86. The molecule has 0 unspecified atom stereocenters. The van der Waals surface area contributed by atoms with Crippen LogP contribution >= 0.6 is 0 Å². The second-order valence-corrected chi connectivity index (χ2v) is 4.20. The molecule has 66 valence electrons. The van der Waals surface area contributed by atoms with Crippen LogP contribution in [0.3, 0.4) is 0 Å². The summed E-state index contributed by atoms with van der Waals surface area (Å²) in [5, 5.41) is 0. The monoisotopic (exact) mass is 164 g/mol. The van der Waals surface area contributed by atoms with Crippen LogP contribution in [0.5, 0.6) is 0 Å². The van der Waals surface area contributed by atoms with Crippen molar-refractivity contribution < 1.29 is 5.73 Å². The molecule has 1 aromatic carbocycles. The van der Waals surface area contributed by atoms with E-state index in [1.807, 2.05) is 0 Å². The van der Waals surface area contributed by atoms with Gasteiger partial charge >= 0.3 is 0 Å². The minimum absolute atomic E-state index is 0.255. The SMILES string of the molecule is CC(C)(C)c1cccc(C[NH3+])c1. The van der Waals surface area contributed by atoms with Gasteiger partial charge in [0.1, 0.15) is 0 Å². The first kappa shape index (κ1) is 9.27. The molecule has 1 aromatic rings. The minimum atomic E-state index is 0.255. The second kappa shape index (κ2) is 3.28. The zero-order chi connectivity index (χ0) is 9.19. The van der Waals surface area contributed by atoms with Crippen molar-refractivity contribution in [2.24, 2.45) is 0 Å². The lowest BCUT2D eigenvalue weighted by Gasteiger charge is -2.19. The number of rotatable bonds is 1. The van der Waals surface area contributed by atoms with Crippen molar-refractivity contribution >= 4 is 0 Å². The van der Waals surface area contributed by atoms with Crippen LogP contribution in [-0.2, 0) is 12.0 Å². The van der Waals surface area contributed by atoms with E-state index in [4.69, 9.17) is 0 Å². The molecule has 1 heteroatoms. The van der Waals surface area contributed by atoms with Crippen LogP contribution in [0.25, 0.3) is 0 Å². The van der Waals surface area contributed by atoms with Gasteiger partial charge in [0.2, 0.25) is 0 Å². The molecule has 0 aliphatic heterocycles. The predicted molar refractivity (Wildman–Crippen MR) is 51.7 cm³/mol. The first-order valence-electron chi connectivity index (χ1n) is 4.42. The van der Waals surface area contributed by atoms with E-state index in [-0.39, 0.29) is 5.41 Å². The van der Waals surface area contributed by atoms with Gasteiger partial charge in [-0.25, -0.2) is 0 Å². The summed E-state index contributed by atoms with van der Waals surface area (Å²) in [5.74, 6) is 0. The quantitative estimate of drug-likeness (QED) is 0.654. The third-order valence-corrected chi connectivity index (χ3v) is 2.08. The summed E-state index contributed by atoms with van der Waals surface area (Å²) < 4.78 is 0. The number of hydrogen-bond donors (Lipinski definition) is 1. The molecule has 0 bridgehead atoms. The Kier molecular flexibility index (Phi) is 2.53. The Bertz CT molecular complexity index is 258. The van der Waals surface area contributed by atoms with Crippen LogP contribution in [-0.4, -0.2) is 0 Å². The normalized spacial score (nSPS) is 11.7. The molecule has 0 aromatic heterocycles. The molecule has 0 spiro atoms. The highest BCUT2D eigenvalue weighted by molar-refractivity contribution is 5.27. The van der Waals surface area contributed by atoms with Crippen molar-refractivity contribution in [3.63, 3.8) is 0 Å². The summed E-state index contributed by atoms with van der Waals surface area (Å²) in [5.41, 5.74) is 6.85. The van der Waals surface area contributed by atoms with Gasteiger partial charge in [0.25, 0.3) is 0 Å². The molecule has 1 rings (SSSR count). The topological polar surface area (TPSA) is 27.6 Å². The maximum Gasteiger partial charge on any atom is 0.0997 e. The van der Waals surface area contributed by atoms with Gasteiger partial charge < -0.3 is 5.73 Å². The summed E-state index contributed by atoms with van der Waals surface area (Å²) in [6, 6.07) is 8.66. The van der Waals surface area contributed by atoms with Crippen LogP contribution in [0.1, 0.15) is 31.9 Å². The van der Waals surface area contributed by atoms with Gasteiger partial charge in [-0.2, -0.15) is 0 Å². The van der Waals surface area contributed by atoms with Gasteiger partial charge in [0.15, 0.2) is 0 Å². The van der Waals surface area contributed by atoms with E-state index >= 15 is 0 Å². The Morgan fingerprint density at radius 1 is 1.25 bits per heavy atom. The van der Waals surface area contributed by atoms with E-state index < -0.39 is 0 Å². The number of hydrogen-bond acceptors (Lipinski definition) is 0. The first-order valence-corrected chi connectivity index (χ1v) is 4.42. The van der Waals surface area contributed by atoms with Crippen molar-refractivity contribution in [3.05, 3.63) is 35.4 Å². The first-order chi connectivity index (χ1) is 5.54. The number of quaternary nitrogens is 1. The van der Waals surface area contributed by atoms with Crippen molar-refractivity contribution in [1.29, 1.82) is 0 Å². The summed E-state index contributed by atoms with van der Waals surface area (Å²) in [4.78, 5) is 0. The lowest BCUT2D eigenvalue weighted by molar-refractivity contribution is -0.386. The lowest BCUT2D eigenvalue weighted by Crippen LogP contribution is -2.47. The zero-order valence-electron chi connectivity index (χ0n) is 8.22. The van der Waals surface area contributed by atoms with E-state index in [0.29, 0.717) is 0 Å². The Labute approximate surface area is 74.6 Å². The Morgan fingerprint density at radius 3 is 2.42 bits per heavy atom. The van der Waals surface area contributed by atoms with E-state index in [2.05, 4.69) is 50.8 Å². The van der Waals surface area contributed by atoms with Crippen molar-refractivity contribution in [3.8, 4) is 0 Å². The molecule has 0 atom stereocenters. The molecule has 0 amide bonds. The van der Waals surface area contributed by atoms with Crippen LogP contribution in [0.2, 0.25) is 0 Å². The third kappa shape index (κ3) is 2.08. The fraction of sp³-hybridized carbons (Fsp3) is 0.455. The highest BCUT2D eigenvalue weighted by Gasteiger charge is 2.13. The van der Waals surface area contributed by atoms with E-state index in [1.165, 1.54) is 11.1 Å². The van der Waals surface area contributed by atoms with Gasteiger partial charge in [-0.15, -0.1) is 0 Å². The van der Waals surface area contributed by atoms with Gasteiger partial charge in [0.05, 0.1) is 6.54 Å². The molecule has 0 saturated carbocycles. The predicted octanol–water partition coefficient (Wildman–Crippen LogP) is 1.73. The molecule has 12 heavy (non-hydrogen) atoms. The average molecular weight is 164 g/mol. The molecular weight excluding hydrogens is 146 g/mol. The molecular formula is C11H18N+. The highest BCUT2D eigenvalue weighted by atomic mass is 14.5. The second-order valence-electron chi connectivity index (χ2n) is 4.20. The molecule has 0 radical (unpaired) electrons. The maximum absolute atomic E-state index is 3.88. The zero-order valence-corrected chi connectivity index (χ0v) is 8.22. The molecule has 0 saturated heterocycles. The van der Waals surface area contributed by atoms with Crippen molar-refractivity contribution in [1.82, 2.24) is 0 Å². The Hall–Kier alpha value is -0.820. The Morgan fingerprint density at radius 2 is 1.92 bits per heavy atom. The van der Waals surface area contributed by atoms with Crippen LogP contribution in [0.4, 0.5) is 0 Å². The highest BCUT2D eigenvalue weighted by Crippen LogP contribution is 2.22. The van der Waals surface area contributed by atoms with Crippen LogP contribution in [0.15, 0.2) is 24.3 Å². The van der Waals surface area contributed by atoms with Crippen LogP contribution < -0.4 is 5.73 Å². The molecule has 0 aliphatic rings. The molecule has 0 aliphatic carbocycles. The Balaban J connectivity index is 3.02. The molecule has 0 heterocycles. The summed E-state index contributed by atoms with van der Waals surface area (Å²) >= 11 is 0.